The van der Waals surface area contributed by atoms with Gasteiger partial charge in [-0.3, -0.25) is 0 Å². The van der Waals surface area contributed by atoms with Gasteiger partial charge in [0.15, 0.2) is 6.29 Å². The van der Waals surface area contributed by atoms with Crippen molar-refractivity contribution in [3.8, 4) is 0 Å². The van der Waals surface area contributed by atoms with E-state index >= 15 is 0 Å². The van der Waals surface area contributed by atoms with Gasteiger partial charge in [0.1, 0.15) is 0 Å². The van der Waals surface area contributed by atoms with E-state index in [-0.39, 0.29) is 6.29 Å². The molecular weight excluding hydrogens is 400 g/mol. The number of ether oxygens (including phenoxy) is 2. The molecule has 0 saturated heterocycles. The second-order valence-electron chi connectivity index (χ2n) is 9.31. The highest BCUT2D eigenvalue weighted by atomic mass is 17.2. The van der Waals surface area contributed by atoms with Crippen molar-refractivity contribution in [2.75, 3.05) is 26.9 Å². The summed E-state index contributed by atoms with van der Waals surface area (Å²) in [5.74, 6) is 0. The first-order valence-corrected chi connectivity index (χ1v) is 14.2. The lowest BCUT2D eigenvalue weighted by molar-refractivity contribution is -0.272. The summed E-state index contributed by atoms with van der Waals surface area (Å²) in [4.78, 5) is 9.58. The fourth-order valence-corrected chi connectivity index (χ4v) is 4.03. The second-order valence-corrected chi connectivity index (χ2v) is 9.31. The van der Waals surface area contributed by atoms with Gasteiger partial charge in [-0.2, -0.15) is 0 Å². The van der Waals surface area contributed by atoms with Crippen LogP contribution in [0.3, 0.4) is 0 Å². The molecule has 0 rings (SSSR count). The minimum atomic E-state index is -0.0145. The van der Waals surface area contributed by atoms with Gasteiger partial charge < -0.3 is 9.47 Å². The molecule has 0 spiro atoms. The molecule has 0 aliphatic rings. The monoisotopic (exact) mass is 458 g/mol. The van der Waals surface area contributed by atoms with Crippen molar-refractivity contribution in [2.45, 2.75) is 155 Å². The first-order valence-electron chi connectivity index (χ1n) is 14.2. The van der Waals surface area contributed by atoms with Gasteiger partial charge in [-0.15, -0.1) is 0 Å². The highest BCUT2D eigenvalue weighted by molar-refractivity contribution is 4.52. The Morgan fingerprint density at radius 3 is 1.25 bits per heavy atom. The Kier molecular flexibility index (Phi) is 28.7. The largest absolute Gasteiger partial charge is 0.353 e. The summed E-state index contributed by atoms with van der Waals surface area (Å²) < 4.78 is 12.3. The van der Waals surface area contributed by atoms with Gasteiger partial charge in [0.2, 0.25) is 0 Å². The van der Waals surface area contributed by atoms with Crippen LogP contribution in [0.5, 0.6) is 0 Å². The molecule has 0 fully saturated rings. The Bertz CT molecular complexity index is 303. The third kappa shape index (κ3) is 26.1. The Hall–Kier alpha value is -0.160. The fourth-order valence-electron chi connectivity index (χ4n) is 4.03. The minimum absolute atomic E-state index is 0.0145. The van der Waals surface area contributed by atoms with Gasteiger partial charge in [-0.05, 0) is 32.1 Å². The molecule has 0 atom stereocenters. The average molecular weight is 459 g/mol. The summed E-state index contributed by atoms with van der Waals surface area (Å²) in [6.45, 7) is 6.93. The van der Waals surface area contributed by atoms with E-state index in [0.717, 1.165) is 32.5 Å². The topological polar surface area (TPSA) is 36.9 Å². The minimum Gasteiger partial charge on any atom is -0.353 e. The molecule has 0 aromatic heterocycles. The van der Waals surface area contributed by atoms with Crippen molar-refractivity contribution in [2.24, 2.45) is 0 Å². The van der Waals surface area contributed by atoms with E-state index in [1.165, 1.54) is 116 Å². The second kappa shape index (κ2) is 28.9. The lowest BCUT2D eigenvalue weighted by Crippen LogP contribution is -2.19. The Balaban J connectivity index is 3.82. The molecule has 0 N–H and O–H groups in total. The smallest absolute Gasteiger partial charge is 0.157 e. The highest BCUT2D eigenvalue weighted by Crippen LogP contribution is 2.14. The number of hydrogen-bond donors (Lipinski definition) is 0. The quantitative estimate of drug-likeness (QED) is 0.0507. The summed E-state index contributed by atoms with van der Waals surface area (Å²) >= 11 is 0. The molecule has 0 aromatic carbocycles. The van der Waals surface area contributed by atoms with Crippen molar-refractivity contribution < 1.29 is 19.2 Å². The lowest BCUT2D eigenvalue weighted by Gasteiger charge is -2.19. The molecule has 194 valence electrons. The maximum Gasteiger partial charge on any atom is 0.157 e. The highest BCUT2D eigenvalue weighted by Gasteiger charge is 2.09. The molecule has 0 aliphatic carbocycles. The molecule has 0 aromatic rings. The normalized spacial score (nSPS) is 11.6. The van der Waals surface area contributed by atoms with E-state index in [9.17, 15) is 0 Å². The third-order valence-electron chi connectivity index (χ3n) is 6.14. The Morgan fingerprint density at radius 1 is 0.438 bits per heavy atom. The molecule has 0 aliphatic heterocycles. The molecular formula is C28H58O4. The molecule has 32 heavy (non-hydrogen) atoms. The van der Waals surface area contributed by atoms with E-state index in [1.54, 1.807) is 7.11 Å². The van der Waals surface area contributed by atoms with E-state index in [4.69, 9.17) is 14.4 Å². The first-order chi connectivity index (χ1) is 15.8. The van der Waals surface area contributed by atoms with Gasteiger partial charge in [-0.1, -0.05) is 117 Å². The molecule has 0 amide bonds. The predicted molar refractivity (Wildman–Crippen MR) is 137 cm³/mol. The number of rotatable bonds is 28. The van der Waals surface area contributed by atoms with Gasteiger partial charge in [0.25, 0.3) is 0 Å². The Labute approximate surface area is 201 Å². The van der Waals surface area contributed by atoms with Crippen LogP contribution in [0.25, 0.3) is 0 Å². The lowest BCUT2D eigenvalue weighted by atomic mass is 10.1. The van der Waals surface area contributed by atoms with E-state index in [1.807, 2.05) is 0 Å². The van der Waals surface area contributed by atoms with Crippen LogP contribution in [-0.2, 0) is 19.2 Å². The summed E-state index contributed by atoms with van der Waals surface area (Å²) in [5, 5.41) is 0. The van der Waals surface area contributed by atoms with Gasteiger partial charge in [0, 0.05) is 13.2 Å². The van der Waals surface area contributed by atoms with Crippen LogP contribution >= 0.6 is 0 Å². The van der Waals surface area contributed by atoms with Crippen LogP contribution in [0.4, 0.5) is 0 Å². The molecule has 4 heteroatoms. The first kappa shape index (κ1) is 31.8. The van der Waals surface area contributed by atoms with Gasteiger partial charge in [0.05, 0.1) is 13.7 Å². The van der Waals surface area contributed by atoms with Crippen molar-refractivity contribution in [3.05, 3.63) is 0 Å². The molecule has 0 bridgehead atoms. The molecule has 0 heterocycles. The zero-order valence-corrected chi connectivity index (χ0v) is 22.2. The van der Waals surface area contributed by atoms with Crippen LogP contribution in [-0.4, -0.2) is 33.2 Å². The standard InChI is InChI=1S/C28H58O4/c1-4-6-8-10-12-14-17-21-25-30-28(24-20-16-19-23-27-32-29-3)31-26-22-18-15-13-11-9-7-5-2/h28H,4-27H2,1-3H3. The number of hydrogen-bond acceptors (Lipinski definition) is 4. The van der Waals surface area contributed by atoms with E-state index in [0.29, 0.717) is 6.61 Å². The zero-order valence-electron chi connectivity index (χ0n) is 22.2. The summed E-state index contributed by atoms with van der Waals surface area (Å²) in [6, 6.07) is 0. The van der Waals surface area contributed by atoms with E-state index < -0.39 is 0 Å². The van der Waals surface area contributed by atoms with Gasteiger partial charge in [-0.25, -0.2) is 9.78 Å². The Morgan fingerprint density at radius 2 is 0.812 bits per heavy atom. The van der Waals surface area contributed by atoms with Crippen LogP contribution in [0.1, 0.15) is 149 Å². The summed E-state index contributed by atoms with van der Waals surface area (Å²) in [7, 11) is 1.57. The molecule has 0 saturated carbocycles. The fraction of sp³-hybridized carbons (Fsp3) is 1.00. The summed E-state index contributed by atoms with van der Waals surface area (Å²) in [6.07, 6.45) is 27.0. The van der Waals surface area contributed by atoms with Crippen LogP contribution in [0, 0.1) is 0 Å². The van der Waals surface area contributed by atoms with Crippen molar-refractivity contribution in [1.29, 1.82) is 0 Å². The maximum absolute atomic E-state index is 6.14. The molecule has 0 unspecified atom stereocenters. The van der Waals surface area contributed by atoms with E-state index in [2.05, 4.69) is 18.7 Å². The number of unbranched alkanes of at least 4 members (excludes halogenated alkanes) is 17. The molecule has 0 radical (unpaired) electrons. The SMILES string of the molecule is CCCCCCCCCCOC(CCCCCCOOC)OCCCCCCCCCC. The molecule has 4 nitrogen and oxygen atoms in total. The van der Waals surface area contributed by atoms with Crippen molar-refractivity contribution >= 4 is 0 Å². The van der Waals surface area contributed by atoms with Crippen molar-refractivity contribution in [1.82, 2.24) is 0 Å². The zero-order chi connectivity index (χ0) is 23.4. The van der Waals surface area contributed by atoms with Crippen LogP contribution < -0.4 is 0 Å². The summed E-state index contributed by atoms with van der Waals surface area (Å²) in [5.41, 5.74) is 0. The van der Waals surface area contributed by atoms with Gasteiger partial charge >= 0.3 is 0 Å². The van der Waals surface area contributed by atoms with Crippen LogP contribution in [0.15, 0.2) is 0 Å². The third-order valence-corrected chi connectivity index (χ3v) is 6.14. The van der Waals surface area contributed by atoms with Crippen LogP contribution in [0.2, 0.25) is 0 Å². The average Bonchev–Trinajstić information content (AvgIpc) is 2.80. The maximum atomic E-state index is 6.14. The predicted octanol–water partition coefficient (Wildman–Crippen LogP) is 9.16. The van der Waals surface area contributed by atoms with Crippen molar-refractivity contribution in [3.63, 3.8) is 0 Å².